The van der Waals surface area contributed by atoms with E-state index in [1.165, 1.54) is 0 Å². The third-order valence-corrected chi connectivity index (χ3v) is 3.47. The van der Waals surface area contributed by atoms with Gasteiger partial charge in [0.1, 0.15) is 0 Å². The van der Waals surface area contributed by atoms with Crippen LogP contribution in [-0.4, -0.2) is 19.0 Å². The number of halogens is 1. The minimum Gasteiger partial charge on any atom is -0.397 e. The van der Waals surface area contributed by atoms with Gasteiger partial charge in [0, 0.05) is 6.54 Å². The lowest BCUT2D eigenvalue weighted by molar-refractivity contribution is -0.115. The van der Waals surface area contributed by atoms with Crippen LogP contribution >= 0.6 is 11.6 Å². The van der Waals surface area contributed by atoms with Crippen molar-refractivity contribution in [1.82, 2.24) is 0 Å². The first-order valence-corrected chi connectivity index (χ1v) is 7.13. The molecule has 0 aliphatic carbocycles. The van der Waals surface area contributed by atoms with Crippen LogP contribution in [-0.2, 0) is 4.79 Å². The van der Waals surface area contributed by atoms with Crippen LogP contribution < -0.4 is 16.0 Å². The Labute approximate surface area is 129 Å². The molecule has 3 N–H and O–H groups in total. The molecule has 0 bridgehead atoms. The number of nitrogens with two attached hydrogens (primary N) is 1. The van der Waals surface area contributed by atoms with Gasteiger partial charge in [-0.25, -0.2) is 0 Å². The van der Waals surface area contributed by atoms with Gasteiger partial charge in [-0.1, -0.05) is 35.9 Å². The van der Waals surface area contributed by atoms with Crippen molar-refractivity contribution in [3.05, 3.63) is 53.6 Å². The maximum atomic E-state index is 12.2. The Morgan fingerprint density at radius 3 is 2.52 bits per heavy atom. The van der Waals surface area contributed by atoms with E-state index in [2.05, 4.69) is 5.32 Å². The van der Waals surface area contributed by atoms with Crippen LogP contribution in [0.15, 0.2) is 48.5 Å². The van der Waals surface area contributed by atoms with Gasteiger partial charge in [-0.2, -0.15) is 0 Å². The summed E-state index contributed by atoms with van der Waals surface area (Å²) in [5, 5.41) is 3.33. The van der Waals surface area contributed by atoms with E-state index in [-0.39, 0.29) is 12.5 Å². The number of nitrogen functional groups attached to an aromatic ring is 1. The van der Waals surface area contributed by atoms with Crippen LogP contribution in [0.4, 0.5) is 17.1 Å². The Kier molecular flexibility index (Phi) is 5.06. The molecule has 0 aliphatic heterocycles. The number of anilines is 3. The summed E-state index contributed by atoms with van der Waals surface area (Å²) >= 11 is 6.03. The van der Waals surface area contributed by atoms with Gasteiger partial charge in [0.2, 0.25) is 5.91 Å². The number of rotatable bonds is 5. The maximum Gasteiger partial charge on any atom is 0.243 e. The summed E-state index contributed by atoms with van der Waals surface area (Å²) in [7, 11) is 0. The topological polar surface area (TPSA) is 58.4 Å². The Morgan fingerprint density at radius 1 is 1.19 bits per heavy atom. The van der Waals surface area contributed by atoms with Gasteiger partial charge in [0.05, 0.1) is 28.6 Å². The number of benzene rings is 2. The van der Waals surface area contributed by atoms with Crippen LogP contribution in [0.3, 0.4) is 0 Å². The Bertz CT molecular complexity index is 630. The zero-order valence-electron chi connectivity index (χ0n) is 11.8. The molecule has 2 aromatic carbocycles. The van der Waals surface area contributed by atoms with Crippen molar-refractivity contribution in [1.29, 1.82) is 0 Å². The first-order valence-electron chi connectivity index (χ1n) is 6.75. The fourth-order valence-electron chi connectivity index (χ4n) is 2.07. The predicted molar refractivity (Wildman–Crippen MR) is 88.8 cm³/mol. The van der Waals surface area contributed by atoms with Crippen LogP contribution in [0.5, 0.6) is 0 Å². The van der Waals surface area contributed by atoms with Crippen molar-refractivity contribution >= 4 is 34.6 Å². The molecule has 0 spiro atoms. The summed E-state index contributed by atoms with van der Waals surface area (Å²) in [6, 6.07) is 14.7. The lowest BCUT2D eigenvalue weighted by Crippen LogP contribution is -2.33. The molecule has 2 rings (SSSR count). The van der Waals surface area contributed by atoms with Crippen molar-refractivity contribution in [2.24, 2.45) is 0 Å². The molecule has 21 heavy (non-hydrogen) atoms. The largest absolute Gasteiger partial charge is 0.397 e. The first kappa shape index (κ1) is 15.2. The molecule has 0 unspecified atom stereocenters. The van der Waals surface area contributed by atoms with E-state index in [0.717, 1.165) is 5.69 Å². The van der Waals surface area contributed by atoms with Crippen molar-refractivity contribution in [2.75, 3.05) is 29.0 Å². The van der Waals surface area contributed by atoms with E-state index in [0.29, 0.717) is 22.9 Å². The van der Waals surface area contributed by atoms with Crippen molar-refractivity contribution < 1.29 is 4.79 Å². The van der Waals surface area contributed by atoms with E-state index in [1.807, 2.05) is 48.2 Å². The Morgan fingerprint density at radius 2 is 1.86 bits per heavy atom. The lowest BCUT2D eigenvalue weighted by Gasteiger charge is -2.24. The lowest BCUT2D eigenvalue weighted by atomic mass is 10.2. The highest BCUT2D eigenvalue weighted by Crippen LogP contribution is 2.23. The molecule has 4 nitrogen and oxygen atoms in total. The van der Waals surface area contributed by atoms with Crippen LogP contribution in [0, 0.1) is 0 Å². The maximum absolute atomic E-state index is 12.2. The predicted octanol–water partition coefficient (Wildman–Crippen LogP) is 3.39. The highest BCUT2D eigenvalue weighted by molar-refractivity contribution is 6.33. The summed E-state index contributed by atoms with van der Waals surface area (Å²) in [6.07, 6.45) is 0. The minimum atomic E-state index is -0.131. The zero-order valence-corrected chi connectivity index (χ0v) is 12.6. The number of nitrogens with zero attached hydrogens (tertiary/aromatic N) is 1. The first-order chi connectivity index (χ1) is 10.1. The second-order valence-corrected chi connectivity index (χ2v) is 5.01. The number of nitrogens with one attached hydrogen (secondary N) is 1. The standard InChI is InChI=1S/C16H18ClN3O/c1-2-20(15-10-6-4-8-13(15)18)11-16(21)19-14-9-5-3-7-12(14)17/h3-10H,2,11,18H2,1H3,(H,19,21). The number of likely N-dealkylation sites (N-methyl/N-ethyl adjacent to an activating group) is 1. The average Bonchev–Trinajstić information content (AvgIpc) is 2.48. The molecule has 0 atom stereocenters. The minimum absolute atomic E-state index is 0.131. The van der Waals surface area contributed by atoms with E-state index >= 15 is 0 Å². The fourth-order valence-corrected chi connectivity index (χ4v) is 2.25. The second kappa shape index (κ2) is 6.99. The van der Waals surface area contributed by atoms with E-state index in [1.54, 1.807) is 12.1 Å². The summed E-state index contributed by atoms with van der Waals surface area (Å²) in [5.41, 5.74) is 8.08. The fraction of sp³-hybridized carbons (Fsp3) is 0.188. The molecule has 2 aromatic rings. The molecular weight excluding hydrogens is 286 g/mol. The molecule has 0 aliphatic rings. The summed E-state index contributed by atoms with van der Waals surface area (Å²) < 4.78 is 0. The monoisotopic (exact) mass is 303 g/mol. The Hall–Kier alpha value is -2.20. The molecular formula is C16H18ClN3O. The van der Waals surface area contributed by atoms with Gasteiger partial charge in [-0.15, -0.1) is 0 Å². The smallest absolute Gasteiger partial charge is 0.243 e. The van der Waals surface area contributed by atoms with Crippen LogP contribution in [0.25, 0.3) is 0 Å². The molecule has 0 saturated carbocycles. The number of hydrogen-bond acceptors (Lipinski definition) is 3. The number of para-hydroxylation sites is 3. The normalized spacial score (nSPS) is 10.2. The van der Waals surface area contributed by atoms with Gasteiger partial charge in [-0.3, -0.25) is 4.79 Å². The van der Waals surface area contributed by atoms with Crippen LogP contribution in [0.1, 0.15) is 6.92 Å². The molecule has 0 fully saturated rings. The number of carbonyl (C=O) groups is 1. The highest BCUT2D eigenvalue weighted by Gasteiger charge is 2.13. The molecule has 0 saturated heterocycles. The SMILES string of the molecule is CCN(CC(=O)Nc1ccccc1Cl)c1ccccc1N. The second-order valence-electron chi connectivity index (χ2n) is 4.60. The number of carbonyl (C=O) groups excluding carboxylic acids is 1. The molecule has 5 heteroatoms. The quantitative estimate of drug-likeness (QED) is 0.832. The summed E-state index contributed by atoms with van der Waals surface area (Å²) in [6.45, 7) is 2.88. The number of amides is 1. The van der Waals surface area contributed by atoms with Gasteiger partial charge in [0.25, 0.3) is 0 Å². The summed E-state index contributed by atoms with van der Waals surface area (Å²) in [4.78, 5) is 14.1. The molecule has 0 heterocycles. The third-order valence-electron chi connectivity index (χ3n) is 3.14. The summed E-state index contributed by atoms with van der Waals surface area (Å²) in [5.74, 6) is -0.131. The molecule has 0 aromatic heterocycles. The van der Waals surface area contributed by atoms with Crippen molar-refractivity contribution in [2.45, 2.75) is 6.92 Å². The van der Waals surface area contributed by atoms with Gasteiger partial charge < -0.3 is 16.0 Å². The van der Waals surface area contributed by atoms with Gasteiger partial charge >= 0.3 is 0 Å². The van der Waals surface area contributed by atoms with Gasteiger partial charge in [0.15, 0.2) is 0 Å². The van der Waals surface area contributed by atoms with Crippen LogP contribution in [0.2, 0.25) is 5.02 Å². The number of hydrogen-bond donors (Lipinski definition) is 2. The molecule has 1 amide bonds. The van der Waals surface area contributed by atoms with Gasteiger partial charge in [-0.05, 0) is 31.2 Å². The van der Waals surface area contributed by atoms with E-state index in [4.69, 9.17) is 17.3 Å². The molecule has 0 radical (unpaired) electrons. The average molecular weight is 304 g/mol. The van der Waals surface area contributed by atoms with Crippen molar-refractivity contribution in [3.8, 4) is 0 Å². The highest BCUT2D eigenvalue weighted by atomic mass is 35.5. The van der Waals surface area contributed by atoms with Crippen molar-refractivity contribution in [3.63, 3.8) is 0 Å². The zero-order chi connectivity index (χ0) is 15.2. The third kappa shape index (κ3) is 3.89. The van der Waals surface area contributed by atoms with E-state index < -0.39 is 0 Å². The molecule has 110 valence electrons. The Balaban J connectivity index is 2.07. The van der Waals surface area contributed by atoms with E-state index in [9.17, 15) is 4.79 Å².